The Morgan fingerprint density at radius 3 is 2.48 bits per heavy atom. The summed E-state index contributed by atoms with van der Waals surface area (Å²) in [5.74, 6) is 1.69. The molecule has 120 valence electrons. The van der Waals surface area contributed by atoms with Crippen LogP contribution in [-0.4, -0.2) is 30.7 Å². The number of benzene rings is 2. The SMILES string of the molecule is COc1ccc(OC[C@@H]2CN=C(Nc3ccc(C)cc3)S2)cc1. The summed E-state index contributed by atoms with van der Waals surface area (Å²) in [7, 11) is 1.66. The molecule has 1 aliphatic heterocycles. The number of anilines is 1. The van der Waals surface area contributed by atoms with Crippen LogP contribution < -0.4 is 14.8 Å². The minimum Gasteiger partial charge on any atom is -0.497 e. The van der Waals surface area contributed by atoms with Crippen LogP contribution in [0.25, 0.3) is 0 Å². The topological polar surface area (TPSA) is 42.9 Å². The van der Waals surface area contributed by atoms with E-state index in [4.69, 9.17) is 9.47 Å². The lowest BCUT2D eigenvalue weighted by Gasteiger charge is -2.11. The molecule has 4 nitrogen and oxygen atoms in total. The first-order chi connectivity index (χ1) is 11.2. The normalized spacial score (nSPS) is 16.8. The van der Waals surface area contributed by atoms with Gasteiger partial charge >= 0.3 is 0 Å². The van der Waals surface area contributed by atoms with Crippen molar-refractivity contribution in [1.29, 1.82) is 0 Å². The Balaban J connectivity index is 1.46. The van der Waals surface area contributed by atoms with Crippen LogP contribution in [0.2, 0.25) is 0 Å². The Morgan fingerprint density at radius 1 is 1.09 bits per heavy atom. The Morgan fingerprint density at radius 2 is 1.78 bits per heavy atom. The molecule has 3 rings (SSSR count). The van der Waals surface area contributed by atoms with E-state index in [2.05, 4.69) is 41.5 Å². The zero-order valence-electron chi connectivity index (χ0n) is 13.3. The summed E-state index contributed by atoms with van der Waals surface area (Å²) in [5, 5.41) is 4.65. The summed E-state index contributed by atoms with van der Waals surface area (Å²) in [6, 6.07) is 16.0. The standard InChI is InChI=1S/C18H20N2O2S/c1-13-3-5-14(6-4-13)20-18-19-11-17(23-18)12-22-16-9-7-15(21-2)8-10-16/h3-10,17H,11-12H2,1-2H3,(H,19,20)/t17-/m0/s1. The molecule has 0 aromatic heterocycles. The van der Waals surface area contributed by atoms with Crippen LogP contribution in [0.1, 0.15) is 5.56 Å². The van der Waals surface area contributed by atoms with E-state index in [-0.39, 0.29) is 0 Å². The summed E-state index contributed by atoms with van der Waals surface area (Å²) < 4.78 is 11.0. The van der Waals surface area contributed by atoms with Crippen LogP contribution in [0.15, 0.2) is 53.5 Å². The van der Waals surface area contributed by atoms with Crippen LogP contribution in [0.5, 0.6) is 11.5 Å². The predicted molar refractivity (Wildman–Crippen MR) is 97.0 cm³/mol. The number of nitrogens with one attached hydrogen (secondary N) is 1. The van der Waals surface area contributed by atoms with Crippen molar-refractivity contribution in [3.63, 3.8) is 0 Å². The maximum Gasteiger partial charge on any atom is 0.161 e. The van der Waals surface area contributed by atoms with Gasteiger partial charge in [0.2, 0.25) is 0 Å². The summed E-state index contributed by atoms with van der Waals surface area (Å²) in [5.41, 5.74) is 2.32. The quantitative estimate of drug-likeness (QED) is 0.902. The Kier molecular flexibility index (Phi) is 5.08. The molecular formula is C18H20N2O2S. The number of aryl methyl sites for hydroxylation is 1. The van der Waals surface area contributed by atoms with Gasteiger partial charge in [-0.1, -0.05) is 29.5 Å². The van der Waals surface area contributed by atoms with Crippen molar-refractivity contribution in [2.75, 3.05) is 25.6 Å². The van der Waals surface area contributed by atoms with Gasteiger partial charge in [0, 0.05) is 5.69 Å². The molecule has 0 aliphatic carbocycles. The average Bonchev–Trinajstić information content (AvgIpc) is 3.03. The number of hydrogen-bond acceptors (Lipinski definition) is 5. The van der Waals surface area contributed by atoms with E-state index in [9.17, 15) is 0 Å². The van der Waals surface area contributed by atoms with E-state index in [0.717, 1.165) is 28.9 Å². The molecular weight excluding hydrogens is 308 g/mol. The smallest absolute Gasteiger partial charge is 0.161 e. The molecule has 23 heavy (non-hydrogen) atoms. The second-order valence-electron chi connectivity index (χ2n) is 5.36. The molecule has 0 amide bonds. The van der Waals surface area contributed by atoms with E-state index in [1.165, 1.54) is 5.56 Å². The van der Waals surface area contributed by atoms with E-state index in [1.807, 2.05) is 24.3 Å². The molecule has 1 atom stereocenters. The van der Waals surface area contributed by atoms with Crippen molar-refractivity contribution in [2.24, 2.45) is 4.99 Å². The monoisotopic (exact) mass is 328 g/mol. The van der Waals surface area contributed by atoms with Gasteiger partial charge in [-0.15, -0.1) is 0 Å². The highest BCUT2D eigenvalue weighted by Gasteiger charge is 2.20. The molecule has 0 bridgehead atoms. The molecule has 2 aromatic carbocycles. The number of thioether (sulfide) groups is 1. The summed E-state index contributed by atoms with van der Waals surface area (Å²) in [6.07, 6.45) is 0. The first kappa shape index (κ1) is 15.7. The molecule has 1 N–H and O–H groups in total. The van der Waals surface area contributed by atoms with E-state index < -0.39 is 0 Å². The Hall–Kier alpha value is -2.14. The number of hydrogen-bond donors (Lipinski definition) is 1. The molecule has 0 spiro atoms. The van der Waals surface area contributed by atoms with Crippen LogP contribution in [-0.2, 0) is 0 Å². The largest absolute Gasteiger partial charge is 0.497 e. The minimum atomic E-state index is 0.338. The van der Waals surface area contributed by atoms with Crippen molar-refractivity contribution in [1.82, 2.24) is 0 Å². The highest BCUT2D eigenvalue weighted by Crippen LogP contribution is 2.24. The number of methoxy groups -OCH3 is 1. The highest BCUT2D eigenvalue weighted by molar-refractivity contribution is 8.15. The van der Waals surface area contributed by atoms with Crippen LogP contribution in [0, 0.1) is 6.92 Å². The second kappa shape index (κ2) is 7.42. The fourth-order valence-corrected chi connectivity index (χ4v) is 3.12. The first-order valence-electron chi connectivity index (χ1n) is 7.54. The Bertz CT molecular complexity index is 668. The molecule has 0 unspecified atom stereocenters. The van der Waals surface area contributed by atoms with Gasteiger partial charge in [0.15, 0.2) is 5.17 Å². The van der Waals surface area contributed by atoms with Gasteiger partial charge in [0.1, 0.15) is 18.1 Å². The van der Waals surface area contributed by atoms with Crippen LogP contribution >= 0.6 is 11.8 Å². The molecule has 0 saturated carbocycles. The lowest BCUT2D eigenvalue weighted by Crippen LogP contribution is -2.16. The van der Waals surface area contributed by atoms with Gasteiger partial charge in [-0.2, -0.15) is 0 Å². The fourth-order valence-electron chi connectivity index (χ4n) is 2.19. The number of rotatable bonds is 5. The highest BCUT2D eigenvalue weighted by atomic mass is 32.2. The third-order valence-corrected chi connectivity index (χ3v) is 4.59. The van der Waals surface area contributed by atoms with Crippen molar-refractivity contribution in [2.45, 2.75) is 12.2 Å². The maximum absolute atomic E-state index is 5.83. The number of amidine groups is 1. The van der Waals surface area contributed by atoms with Gasteiger partial charge in [0.25, 0.3) is 0 Å². The van der Waals surface area contributed by atoms with Crippen molar-refractivity contribution in [3.8, 4) is 11.5 Å². The molecule has 1 heterocycles. The zero-order chi connectivity index (χ0) is 16.1. The molecule has 2 aromatic rings. The molecule has 0 fully saturated rings. The third-order valence-electron chi connectivity index (χ3n) is 3.51. The lowest BCUT2D eigenvalue weighted by atomic mass is 10.2. The second-order valence-corrected chi connectivity index (χ2v) is 6.65. The number of nitrogens with zero attached hydrogens (tertiary/aromatic N) is 1. The molecule has 0 radical (unpaired) electrons. The number of ether oxygens (including phenoxy) is 2. The maximum atomic E-state index is 5.83. The molecule has 0 saturated heterocycles. The molecule has 5 heteroatoms. The van der Waals surface area contributed by atoms with Crippen molar-refractivity contribution in [3.05, 3.63) is 54.1 Å². The lowest BCUT2D eigenvalue weighted by molar-refractivity contribution is 0.319. The van der Waals surface area contributed by atoms with Gasteiger partial charge in [-0.3, -0.25) is 4.99 Å². The van der Waals surface area contributed by atoms with Crippen molar-refractivity contribution < 1.29 is 9.47 Å². The van der Waals surface area contributed by atoms with Crippen LogP contribution in [0.3, 0.4) is 0 Å². The number of aliphatic imine (C=N–C) groups is 1. The van der Waals surface area contributed by atoms with Gasteiger partial charge < -0.3 is 14.8 Å². The average molecular weight is 328 g/mol. The van der Waals surface area contributed by atoms with Gasteiger partial charge in [-0.25, -0.2) is 0 Å². The van der Waals surface area contributed by atoms with Gasteiger partial charge in [0.05, 0.1) is 18.9 Å². The summed E-state index contributed by atoms with van der Waals surface area (Å²) in [6.45, 7) is 3.49. The Labute approximate surface area is 140 Å². The van der Waals surface area contributed by atoms with Crippen LogP contribution in [0.4, 0.5) is 5.69 Å². The van der Waals surface area contributed by atoms with Crippen molar-refractivity contribution >= 4 is 22.6 Å². The van der Waals surface area contributed by atoms with Gasteiger partial charge in [-0.05, 0) is 43.3 Å². The summed E-state index contributed by atoms with van der Waals surface area (Å²) >= 11 is 1.73. The summed E-state index contributed by atoms with van der Waals surface area (Å²) in [4.78, 5) is 4.54. The zero-order valence-corrected chi connectivity index (χ0v) is 14.1. The predicted octanol–water partition coefficient (Wildman–Crippen LogP) is 3.97. The fraction of sp³-hybridized carbons (Fsp3) is 0.278. The minimum absolute atomic E-state index is 0.338. The van der Waals surface area contributed by atoms with E-state index in [0.29, 0.717) is 11.9 Å². The first-order valence-corrected chi connectivity index (χ1v) is 8.42. The molecule has 1 aliphatic rings. The third kappa shape index (κ3) is 4.42. The van der Waals surface area contributed by atoms with E-state index >= 15 is 0 Å². The van der Waals surface area contributed by atoms with E-state index in [1.54, 1.807) is 18.9 Å².